The highest BCUT2D eigenvalue weighted by atomic mass is 15.0. The molecule has 0 aliphatic heterocycles. The third-order valence-electron chi connectivity index (χ3n) is 2.16. The van der Waals surface area contributed by atoms with Gasteiger partial charge < -0.3 is 4.90 Å². The van der Waals surface area contributed by atoms with Crippen LogP contribution in [0.1, 0.15) is 73.6 Å². The van der Waals surface area contributed by atoms with Crippen LogP contribution in [0.3, 0.4) is 0 Å². The Morgan fingerprint density at radius 2 is 1.53 bits per heavy atom. The van der Waals surface area contributed by atoms with Crippen molar-refractivity contribution in [3.8, 4) is 0 Å². The maximum absolute atomic E-state index is 2.38. The Morgan fingerprint density at radius 3 is 2.00 bits per heavy atom. The second-order valence-electron chi connectivity index (χ2n) is 4.37. The van der Waals surface area contributed by atoms with Gasteiger partial charge in [0.2, 0.25) is 0 Å². The van der Waals surface area contributed by atoms with Crippen molar-refractivity contribution in [2.75, 3.05) is 20.6 Å². The number of allylic oxidation sites excluding steroid dienone is 3. The summed E-state index contributed by atoms with van der Waals surface area (Å²) in [4.78, 5) is 2.24. The molecule has 0 aromatic heterocycles. The molecule has 0 heterocycles. The first-order valence-corrected chi connectivity index (χ1v) is 8.21. The van der Waals surface area contributed by atoms with Crippen LogP contribution in [0.25, 0.3) is 0 Å². The van der Waals surface area contributed by atoms with Crippen molar-refractivity contribution in [3.63, 3.8) is 0 Å². The van der Waals surface area contributed by atoms with E-state index >= 15 is 0 Å². The lowest BCUT2D eigenvalue weighted by Crippen LogP contribution is -2.13. The van der Waals surface area contributed by atoms with Gasteiger partial charge in [-0.15, -0.1) is 0 Å². The van der Waals surface area contributed by atoms with Gasteiger partial charge in [0.1, 0.15) is 0 Å². The summed E-state index contributed by atoms with van der Waals surface area (Å²) in [6, 6.07) is 0. The lowest BCUT2D eigenvalue weighted by atomic mass is 10.1. The minimum absolute atomic E-state index is 1.16. The maximum Gasteiger partial charge on any atom is 0.00156 e. The molecular weight excluding hydrogens is 230 g/mol. The zero-order chi connectivity index (χ0) is 15.5. The van der Waals surface area contributed by atoms with Crippen LogP contribution in [0.15, 0.2) is 23.8 Å². The van der Waals surface area contributed by atoms with Crippen molar-refractivity contribution in [2.24, 2.45) is 0 Å². The van der Waals surface area contributed by atoms with Gasteiger partial charge in [-0.1, -0.05) is 71.8 Å². The normalized spacial score (nSPS) is 12.8. The van der Waals surface area contributed by atoms with Gasteiger partial charge >= 0.3 is 0 Å². The molecule has 0 spiro atoms. The average molecular weight is 270 g/mol. The van der Waals surface area contributed by atoms with Crippen molar-refractivity contribution in [1.82, 2.24) is 4.90 Å². The Morgan fingerprint density at radius 1 is 1.00 bits per heavy atom. The van der Waals surface area contributed by atoms with Crippen molar-refractivity contribution < 1.29 is 0 Å². The van der Waals surface area contributed by atoms with Gasteiger partial charge in [0, 0.05) is 6.54 Å². The number of hydrogen-bond acceptors (Lipinski definition) is 1. The first-order chi connectivity index (χ1) is 9.20. The van der Waals surface area contributed by atoms with Crippen molar-refractivity contribution in [3.05, 3.63) is 23.8 Å². The van der Waals surface area contributed by atoms with Crippen LogP contribution in [0, 0.1) is 0 Å². The number of hydrogen-bond donors (Lipinski definition) is 0. The Hall–Kier alpha value is -0.560. The molecule has 0 fully saturated rings. The molecule has 1 nitrogen and oxygen atoms in total. The van der Waals surface area contributed by atoms with Gasteiger partial charge in [0.15, 0.2) is 0 Å². The molecule has 0 amide bonds. The second kappa shape index (κ2) is 22.6. The molecule has 1 aliphatic carbocycles. The van der Waals surface area contributed by atoms with Gasteiger partial charge in [-0.2, -0.15) is 0 Å². The number of rotatable bonds is 3. The fraction of sp³-hybridized carbons (Fsp3) is 0.778. The van der Waals surface area contributed by atoms with Crippen LogP contribution in [-0.2, 0) is 0 Å². The molecule has 0 bridgehead atoms. The monoisotopic (exact) mass is 269 g/mol. The van der Waals surface area contributed by atoms with Crippen molar-refractivity contribution >= 4 is 0 Å². The zero-order valence-corrected chi connectivity index (χ0v) is 14.9. The van der Waals surface area contributed by atoms with E-state index in [1.807, 2.05) is 27.7 Å². The van der Waals surface area contributed by atoms with E-state index in [-0.39, 0.29) is 0 Å². The first-order valence-electron chi connectivity index (χ1n) is 8.21. The van der Waals surface area contributed by atoms with Crippen LogP contribution in [0.2, 0.25) is 0 Å². The standard InChI is InChI=1S/C11H19N.C3H8.2C2H6/c1-12(2)10-9-11-7-5-3-4-6-8-11;1-3-2;2*1-2/h5,7-8H,3-4,6,9-10H2,1-2H3;3H2,1-2H3;2*1-2H3. The quantitative estimate of drug-likeness (QED) is 0.600. The molecule has 1 heteroatoms. The third-order valence-corrected chi connectivity index (χ3v) is 2.16. The highest BCUT2D eigenvalue weighted by Gasteiger charge is 1.97. The fourth-order valence-corrected chi connectivity index (χ4v) is 1.36. The van der Waals surface area contributed by atoms with Crippen LogP contribution < -0.4 is 0 Å². The molecule has 0 saturated carbocycles. The minimum Gasteiger partial charge on any atom is -0.309 e. The summed E-state index contributed by atoms with van der Waals surface area (Å²) < 4.78 is 0. The highest BCUT2D eigenvalue weighted by molar-refractivity contribution is 5.20. The Kier molecular flexibility index (Phi) is 28.0. The van der Waals surface area contributed by atoms with Gasteiger partial charge in [-0.25, -0.2) is 0 Å². The number of nitrogens with zero attached hydrogens (tertiary/aromatic N) is 1. The van der Waals surface area contributed by atoms with Gasteiger partial charge in [-0.3, -0.25) is 0 Å². The summed E-state index contributed by atoms with van der Waals surface area (Å²) in [7, 11) is 4.25. The summed E-state index contributed by atoms with van der Waals surface area (Å²) in [5.41, 5.74) is 1.52. The molecule has 116 valence electrons. The molecule has 19 heavy (non-hydrogen) atoms. The van der Waals surface area contributed by atoms with E-state index in [4.69, 9.17) is 0 Å². The van der Waals surface area contributed by atoms with E-state index in [0.29, 0.717) is 0 Å². The summed E-state index contributed by atoms with van der Waals surface area (Å²) >= 11 is 0. The second-order valence-corrected chi connectivity index (χ2v) is 4.37. The SMILES string of the molecule is CC.CC.CCC.CN(C)CCC1=CCCCC=C1. The first kappa shape index (κ1) is 23.5. The zero-order valence-electron chi connectivity index (χ0n) is 14.9. The van der Waals surface area contributed by atoms with Crippen LogP contribution >= 0.6 is 0 Å². The summed E-state index contributed by atoms with van der Waals surface area (Å²) in [6.45, 7) is 13.4. The lowest BCUT2D eigenvalue weighted by molar-refractivity contribution is 0.414. The average Bonchev–Trinajstić information content (AvgIpc) is 2.70. The van der Waals surface area contributed by atoms with Crippen LogP contribution in [0.5, 0.6) is 0 Å². The molecule has 0 aromatic carbocycles. The molecule has 0 aromatic rings. The molecule has 0 radical (unpaired) electrons. The minimum atomic E-state index is 1.16. The van der Waals surface area contributed by atoms with Crippen LogP contribution in [-0.4, -0.2) is 25.5 Å². The van der Waals surface area contributed by atoms with E-state index in [9.17, 15) is 0 Å². The summed E-state index contributed by atoms with van der Waals surface area (Å²) in [6.07, 6.45) is 13.3. The fourth-order valence-electron chi connectivity index (χ4n) is 1.36. The largest absolute Gasteiger partial charge is 0.309 e. The molecule has 1 aliphatic rings. The van der Waals surface area contributed by atoms with Gasteiger partial charge in [0.05, 0.1) is 0 Å². The Labute approximate surface area is 123 Å². The van der Waals surface area contributed by atoms with E-state index in [0.717, 1.165) is 6.54 Å². The smallest absolute Gasteiger partial charge is 0.00156 e. The van der Waals surface area contributed by atoms with E-state index in [1.165, 1.54) is 37.7 Å². The molecule has 0 unspecified atom stereocenters. The van der Waals surface area contributed by atoms with E-state index < -0.39 is 0 Å². The summed E-state index contributed by atoms with van der Waals surface area (Å²) in [5.74, 6) is 0. The predicted molar refractivity (Wildman–Crippen MR) is 92.9 cm³/mol. The highest BCUT2D eigenvalue weighted by Crippen LogP contribution is 2.12. The molecule has 0 N–H and O–H groups in total. The Balaban J connectivity index is -0.000000313. The maximum atomic E-state index is 2.38. The molecule has 0 atom stereocenters. The third kappa shape index (κ3) is 23.0. The van der Waals surface area contributed by atoms with Crippen LogP contribution in [0.4, 0.5) is 0 Å². The molecule has 0 saturated heterocycles. The molecular formula is C18H39N. The van der Waals surface area contributed by atoms with Gasteiger partial charge in [0.25, 0.3) is 0 Å². The van der Waals surface area contributed by atoms with E-state index in [1.54, 1.807) is 0 Å². The van der Waals surface area contributed by atoms with Crippen molar-refractivity contribution in [2.45, 2.75) is 73.6 Å². The molecule has 1 rings (SSSR count). The van der Waals surface area contributed by atoms with Gasteiger partial charge in [-0.05, 0) is 39.8 Å². The summed E-state index contributed by atoms with van der Waals surface area (Å²) in [5, 5.41) is 0. The van der Waals surface area contributed by atoms with E-state index in [2.05, 4.69) is 51.1 Å². The Bertz CT molecular complexity index is 190. The predicted octanol–water partition coefficient (Wildman–Crippen LogP) is 6.07. The van der Waals surface area contributed by atoms with Crippen molar-refractivity contribution in [1.29, 1.82) is 0 Å². The lowest BCUT2D eigenvalue weighted by Gasteiger charge is -2.09. The topological polar surface area (TPSA) is 3.24 Å².